The van der Waals surface area contributed by atoms with E-state index in [2.05, 4.69) is 0 Å². The third kappa shape index (κ3) is 3.26. The first-order valence-corrected chi connectivity index (χ1v) is 6.12. The fourth-order valence-electron chi connectivity index (χ4n) is 1.83. The van der Waals surface area contributed by atoms with Crippen LogP contribution in [0.15, 0.2) is 24.3 Å². The zero-order chi connectivity index (χ0) is 14.5. The van der Waals surface area contributed by atoms with E-state index >= 15 is 0 Å². The summed E-state index contributed by atoms with van der Waals surface area (Å²) in [6.07, 6.45) is -0.771. The Labute approximate surface area is 115 Å². The lowest BCUT2D eigenvalue weighted by Gasteiger charge is -2.10. The number of cyclic esters (lactones) is 1. The molecule has 6 heteroatoms. The highest BCUT2D eigenvalue weighted by atomic mass is 16.6. The van der Waals surface area contributed by atoms with Gasteiger partial charge in [-0.05, 0) is 19.1 Å². The van der Waals surface area contributed by atoms with E-state index in [0.29, 0.717) is 17.7 Å². The van der Waals surface area contributed by atoms with Crippen molar-refractivity contribution in [3.05, 3.63) is 29.8 Å². The Morgan fingerprint density at radius 2 is 2.25 bits per heavy atom. The number of carbonyl (C=O) groups is 2. The van der Waals surface area contributed by atoms with Gasteiger partial charge in [0.25, 0.3) is 0 Å². The van der Waals surface area contributed by atoms with E-state index in [9.17, 15) is 9.59 Å². The van der Waals surface area contributed by atoms with Gasteiger partial charge in [0.1, 0.15) is 17.9 Å². The number of hydrogen-bond acceptors (Lipinski definition) is 6. The molecule has 0 N–H and O–H groups in total. The predicted octanol–water partition coefficient (Wildman–Crippen LogP) is 1.18. The summed E-state index contributed by atoms with van der Waals surface area (Å²) in [7, 11) is 0. The molecule has 2 unspecified atom stereocenters. The van der Waals surface area contributed by atoms with E-state index in [1.54, 1.807) is 31.2 Å². The minimum Gasteiger partial charge on any atom is -0.481 e. The van der Waals surface area contributed by atoms with Crippen molar-refractivity contribution in [2.75, 3.05) is 6.61 Å². The zero-order valence-electron chi connectivity index (χ0n) is 10.9. The van der Waals surface area contributed by atoms with Crippen LogP contribution >= 0.6 is 0 Å². The summed E-state index contributed by atoms with van der Waals surface area (Å²) in [5.74, 6) is -0.911. The molecule has 0 aliphatic carbocycles. The molecule has 1 aliphatic heterocycles. The lowest BCUT2D eigenvalue weighted by atomic mass is 10.2. The summed E-state index contributed by atoms with van der Waals surface area (Å²) in [5.41, 5.74) is 0.328. The molecule has 1 saturated heterocycles. The Morgan fingerprint density at radius 1 is 1.50 bits per heavy atom. The number of ether oxygens (including phenoxy) is 3. The molecule has 1 fully saturated rings. The average Bonchev–Trinajstić information content (AvgIpc) is 2.75. The van der Waals surface area contributed by atoms with E-state index in [0.717, 1.165) is 0 Å². The van der Waals surface area contributed by atoms with Crippen molar-refractivity contribution in [1.82, 2.24) is 0 Å². The number of esters is 2. The Hall–Kier alpha value is -2.55. The first kappa shape index (κ1) is 13.9. The van der Waals surface area contributed by atoms with Gasteiger partial charge in [0.05, 0.1) is 5.56 Å². The van der Waals surface area contributed by atoms with Crippen LogP contribution in [0.4, 0.5) is 0 Å². The Kier molecular flexibility index (Phi) is 4.20. The highest BCUT2D eigenvalue weighted by Crippen LogP contribution is 2.19. The molecular formula is C14H13NO5. The number of hydrogen-bond donors (Lipinski definition) is 0. The summed E-state index contributed by atoms with van der Waals surface area (Å²) in [5, 5.41) is 8.87. The molecule has 2 atom stereocenters. The molecule has 6 nitrogen and oxygen atoms in total. The van der Waals surface area contributed by atoms with Crippen LogP contribution in [0.25, 0.3) is 0 Å². The fourth-order valence-corrected chi connectivity index (χ4v) is 1.83. The zero-order valence-corrected chi connectivity index (χ0v) is 10.9. The van der Waals surface area contributed by atoms with Gasteiger partial charge in [0.2, 0.25) is 6.10 Å². The maximum atomic E-state index is 11.6. The third-order valence-electron chi connectivity index (χ3n) is 2.75. The van der Waals surface area contributed by atoms with Gasteiger partial charge < -0.3 is 14.2 Å². The SMILES string of the molecule is CC1CC(OC(=O)COc2ccccc2C#N)C(=O)O1. The van der Waals surface area contributed by atoms with Gasteiger partial charge in [-0.15, -0.1) is 0 Å². The highest BCUT2D eigenvalue weighted by molar-refractivity contribution is 5.81. The van der Waals surface area contributed by atoms with Crippen LogP contribution in [0.3, 0.4) is 0 Å². The van der Waals surface area contributed by atoms with Crippen molar-refractivity contribution in [3.8, 4) is 11.8 Å². The lowest BCUT2D eigenvalue weighted by molar-refractivity contribution is -0.162. The Morgan fingerprint density at radius 3 is 2.90 bits per heavy atom. The standard InChI is InChI=1S/C14H13NO5/c1-9-6-12(14(17)19-9)20-13(16)8-18-11-5-3-2-4-10(11)7-15/h2-5,9,12H,6,8H2,1H3. The molecule has 1 aromatic carbocycles. The molecule has 20 heavy (non-hydrogen) atoms. The number of para-hydroxylation sites is 1. The van der Waals surface area contributed by atoms with Crippen molar-refractivity contribution >= 4 is 11.9 Å². The predicted molar refractivity (Wildman–Crippen MR) is 66.7 cm³/mol. The molecule has 0 radical (unpaired) electrons. The van der Waals surface area contributed by atoms with Gasteiger partial charge in [0, 0.05) is 6.42 Å². The normalized spacial score (nSPS) is 20.9. The number of nitrogens with zero attached hydrogens (tertiary/aromatic N) is 1. The minimum absolute atomic E-state index is 0.250. The van der Waals surface area contributed by atoms with Crippen LogP contribution < -0.4 is 4.74 Å². The first-order chi connectivity index (χ1) is 9.60. The Balaban J connectivity index is 1.87. The maximum absolute atomic E-state index is 11.6. The summed E-state index contributed by atoms with van der Waals surface area (Å²) in [6, 6.07) is 8.50. The Bertz CT molecular complexity index is 563. The summed E-state index contributed by atoms with van der Waals surface area (Å²) >= 11 is 0. The van der Waals surface area contributed by atoms with Gasteiger partial charge in [-0.3, -0.25) is 0 Å². The summed E-state index contributed by atoms with van der Waals surface area (Å²) < 4.78 is 15.1. The topological polar surface area (TPSA) is 85.6 Å². The van der Waals surface area contributed by atoms with Crippen LogP contribution in [-0.4, -0.2) is 30.8 Å². The van der Waals surface area contributed by atoms with E-state index in [1.807, 2.05) is 6.07 Å². The molecule has 1 heterocycles. The highest BCUT2D eigenvalue weighted by Gasteiger charge is 2.35. The number of benzene rings is 1. The van der Waals surface area contributed by atoms with E-state index in [-0.39, 0.29) is 12.7 Å². The van der Waals surface area contributed by atoms with Crippen LogP contribution in [0.2, 0.25) is 0 Å². The van der Waals surface area contributed by atoms with Crippen molar-refractivity contribution in [1.29, 1.82) is 5.26 Å². The van der Waals surface area contributed by atoms with E-state index < -0.39 is 18.0 Å². The molecule has 1 aliphatic rings. The summed E-state index contributed by atoms with van der Waals surface area (Å²) in [6.45, 7) is 1.36. The van der Waals surface area contributed by atoms with E-state index in [4.69, 9.17) is 19.5 Å². The molecule has 0 amide bonds. The third-order valence-corrected chi connectivity index (χ3v) is 2.75. The monoisotopic (exact) mass is 275 g/mol. The van der Waals surface area contributed by atoms with Gasteiger partial charge in [-0.2, -0.15) is 5.26 Å². The molecule has 0 spiro atoms. The lowest BCUT2D eigenvalue weighted by Crippen LogP contribution is -2.26. The maximum Gasteiger partial charge on any atom is 0.347 e. The first-order valence-electron chi connectivity index (χ1n) is 6.12. The van der Waals surface area contributed by atoms with Crippen molar-refractivity contribution in [2.24, 2.45) is 0 Å². The molecule has 2 rings (SSSR count). The summed E-state index contributed by atoms with van der Waals surface area (Å²) in [4.78, 5) is 22.9. The molecule has 1 aromatic rings. The second kappa shape index (κ2) is 6.06. The van der Waals surface area contributed by atoms with Crippen LogP contribution in [-0.2, 0) is 19.1 Å². The van der Waals surface area contributed by atoms with Crippen LogP contribution in [0.1, 0.15) is 18.9 Å². The largest absolute Gasteiger partial charge is 0.481 e. The molecule has 0 aromatic heterocycles. The van der Waals surface area contributed by atoms with Crippen molar-refractivity contribution in [3.63, 3.8) is 0 Å². The van der Waals surface area contributed by atoms with E-state index in [1.165, 1.54) is 0 Å². The number of nitriles is 1. The molecular weight excluding hydrogens is 262 g/mol. The van der Waals surface area contributed by atoms with Crippen molar-refractivity contribution < 1.29 is 23.8 Å². The molecule has 0 bridgehead atoms. The van der Waals surface area contributed by atoms with Gasteiger partial charge >= 0.3 is 11.9 Å². The second-order valence-electron chi connectivity index (χ2n) is 4.36. The van der Waals surface area contributed by atoms with Gasteiger partial charge in [0.15, 0.2) is 6.61 Å². The smallest absolute Gasteiger partial charge is 0.347 e. The molecule has 104 valence electrons. The quantitative estimate of drug-likeness (QED) is 0.767. The molecule has 0 saturated carbocycles. The van der Waals surface area contributed by atoms with Gasteiger partial charge in [-0.25, -0.2) is 9.59 Å². The second-order valence-corrected chi connectivity index (χ2v) is 4.36. The number of carbonyl (C=O) groups excluding carboxylic acids is 2. The van der Waals surface area contributed by atoms with Crippen molar-refractivity contribution in [2.45, 2.75) is 25.6 Å². The number of rotatable bonds is 4. The van der Waals surface area contributed by atoms with Gasteiger partial charge in [-0.1, -0.05) is 12.1 Å². The minimum atomic E-state index is -0.868. The van der Waals surface area contributed by atoms with Crippen LogP contribution in [0.5, 0.6) is 5.75 Å². The fraction of sp³-hybridized carbons (Fsp3) is 0.357. The average molecular weight is 275 g/mol. The van der Waals surface area contributed by atoms with Crippen LogP contribution in [0, 0.1) is 11.3 Å².